The molecule has 0 radical (unpaired) electrons. The van der Waals surface area contributed by atoms with Crippen molar-refractivity contribution in [3.05, 3.63) is 46.1 Å². The topological polar surface area (TPSA) is 37.3 Å². The zero-order valence-corrected chi connectivity index (χ0v) is 17.0. The molecule has 1 aliphatic carbocycles. The van der Waals surface area contributed by atoms with Gasteiger partial charge in [0.1, 0.15) is 0 Å². The predicted octanol–water partition coefficient (Wildman–Crippen LogP) is 6.08. The van der Waals surface area contributed by atoms with Crippen LogP contribution in [0.5, 0.6) is 0 Å². The second-order valence-corrected chi connectivity index (χ2v) is 7.84. The largest absolute Gasteiger partial charge is 0.388 e. The van der Waals surface area contributed by atoms with E-state index in [-0.39, 0.29) is 11.7 Å². The lowest BCUT2D eigenvalue weighted by Crippen LogP contribution is -2.30. The maximum atomic E-state index is 12.0. The van der Waals surface area contributed by atoms with E-state index in [1.165, 1.54) is 16.7 Å². The normalized spacial score (nSPS) is 22.4. The fourth-order valence-electron chi connectivity index (χ4n) is 3.20. The summed E-state index contributed by atoms with van der Waals surface area (Å²) in [4.78, 5) is 12.0. The van der Waals surface area contributed by atoms with Crippen LogP contribution in [0.2, 0.25) is 0 Å². The Kier molecular flexibility index (Phi) is 9.13. The molecule has 2 atom stereocenters. The minimum Gasteiger partial charge on any atom is -0.388 e. The molecule has 2 unspecified atom stereocenters. The highest BCUT2D eigenvalue weighted by Crippen LogP contribution is 2.30. The summed E-state index contributed by atoms with van der Waals surface area (Å²) >= 11 is 0. The van der Waals surface area contributed by atoms with E-state index in [9.17, 15) is 9.90 Å². The Morgan fingerprint density at radius 2 is 1.56 bits per heavy atom. The van der Waals surface area contributed by atoms with E-state index in [2.05, 4.69) is 45.9 Å². The molecule has 0 aliphatic heterocycles. The molecule has 0 saturated heterocycles. The SMILES string of the molecule is CC(C)=CCC/C(C)=C/CC/C(C)=C/CC1CC(=O)C(C)=C(C)C1O. The summed E-state index contributed by atoms with van der Waals surface area (Å²) in [6.07, 6.45) is 12.0. The van der Waals surface area contributed by atoms with Gasteiger partial charge in [0, 0.05) is 6.42 Å². The number of allylic oxidation sites excluding steroid dienone is 7. The maximum Gasteiger partial charge on any atom is 0.159 e. The molecule has 2 nitrogen and oxygen atoms in total. The van der Waals surface area contributed by atoms with Crippen LogP contribution in [0.25, 0.3) is 0 Å². The van der Waals surface area contributed by atoms with Crippen LogP contribution in [0.1, 0.15) is 80.1 Å². The Balaban J connectivity index is 2.44. The summed E-state index contributed by atoms with van der Waals surface area (Å²) in [5.74, 6) is 0.223. The number of Topliss-reactive ketones (excluding diaryl/α,β-unsaturated/α-hetero) is 1. The van der Waals surface area contributed by atoms with Crippen molar-refractivity contribution in [1.82, 2.24) is 0 Å². The van der Waals surface area contributed by atoms with Gasteiger partial charge in [-0.2, -0.15) is 0 Å². The van der Waals surface area contributed by atoms with E-state index in [4.69, 9.17) is 0 Å². The Labute approximate surface area is 154 Å². The van der Waals surface area contributed by atoms with Crippen molar-refractivity contribution in [1.29, 1.82) is 0 Å². The molecule has 0 amide bonds. The van der Waals surface area contributed by atoms with Crippen molar-refractivity contribution in [2.45, 2.75) is 86.2 Å². The number of rotatable bonds is 8. The molecule has 0 bridgehead atoms. The van der Waals surface area contributed by atoms with Crippen LogP contribution >= 0.6 is 0 Å². The molecule has 0 aromatic rings. The van der Waals surface area contributed by atoms with Gasteiger partial charge in [0.2, 0.25) is 0 Å². The van der Waals surface area contributed by atoms with E-state index >= 15 is 0 Å². The van der Waals surface area contributed by atoms with E-state index in [1.807, 2.05) is 13.8 Å². The lowest BCUT2D eigenvalue weighted by Gasteiger charge is -2.28. The summed E-state index contributed by atoms with van der Waals surface area (Å²) in [6, 6.07) is 0. The lowest BCUT2D eigenvalue weighted by atomic mass is 9.80. The average molecular weight is 345 g/mol. The zero-order chi connectivity index (χ0) is 19.0. The molecule has 1 rings (SSSR count). The van der Waals surface area contributed by atoms with Gasteiger partial charge in [-0.25, -0.2) is 0 Å². The first-order chi connectivity index (χ1) is 11.7. The smallest absolute Gasteiger partial charge is 0.159 e. The van der Waals surface area contributed by atoms with Crippen LogP contribution in [0.15, 0.2) is 46.1 Å². The maximum absolute atomic E-state index is 12.0. The quantitative estimate of drug-likeness (QED) is 0.542. The van der Waals surface area contributed by atoms with Crippen molar-refractivity contribution in [3.8, 4) is 0 Å². The minimum atomic E-state index is -0.473. The Bertz CT molecular complexity index is 583. The molecule has 2 heteroatoms. The van der Waals surface area contributed by atoms with Gasteiger partial charge < -0.3 is 5.11 Å². The first-order valence-electron chi connectivity index (χ1n) is 9.55. The van der Waals surface area contributed by atoms with Gasteiger partial charge in [0.25, 0.3) is 0 Å². The molecular formula is C23H36O2. The summed E-state index contributed by atoms with van der Waals surface area (Å²) in [5.41, 5.74) is 5.78. The molecular weight excluding hydrogens is 308 g/mol. The lowest BCUT2D eigenvalue weighted by molar-refractivity contribution is -0.118. The van der Waals surface area contributed by atoms with Crippen molar-refractivity contribution < 1.29 is 9.90 Å². The summed E-state index contributed by atoms with van der Waals surface area (Å²) in [5, 5.41) is 10.4. The molecule has 1 aliphatic rings. The fourth-order valence-corrected chi connectivity index (χ4v) is 3.20. The summed E-state index contributed by atoms with van der Waals surface area (Å²) in [6.45, 7) is 12.3. The van der Waals surface area contributed by atoms with Gasteiger partial charge in [-0.05, 0) is 90.7 Å². The first kappa shape index (κ1) is 21.6. The first-order valence-corrected chi connectivity index (χ1v) is 9.55. The van der Waals surface area contributed by atoms with Crippen LogP contribution in [0.4, 0.5) is 0 Å². The molecule has 0 aromatic heterocycles. The highest BCUT2D eigenvalue weighted by atomic mass is 16.3. The number of hydrogen-bond acceptors (Lipinski definition) is 2. The molecule has 0 saturated carbocycles. The van der Waals surface area contributed by atoms with E-state index in [0.29, 0.717) is 6.42 Å². The minimum absolute atomic E-state index is 0.0347. The molecule has 0 heterocycles. The highest BCUT2D eigenvalue weighted by Gasteiger charge is 2.30. The number of carbonyl (C=O) groups is 1. The van der Waals surface area contributed by atoms with Crippen LogP contribution in [0, 0.1) is 5.92 Å². The predicted molar refractivity (Wildman–Crippen MR) is 108 cm³/mol. The number of carbonyl (C=O) groups excluding carboxylic acids is 1. The van der Waals surface area contributed by atoms with E-state index < -0.39 is 6.10 Å². The Morgan fingerprint density at radius 3 is 2.16 bits per heavy atom. The third-order valence-electron chi connectivity index (χ3n) is 5.24. The molecule has 0 spiro atoms. The second kappa shape index (κ2) is 10.6. The Morgan fingerprint density at radius 1 is 1.00 bits per heavy atom. The van der Waals surface area contributed by atoms with Crippen molar-refractivity contribution >= 4 is 5.78 Å². The monoisotopic (exact) mass is 344 g/mol. The molecule has 1 N–H and O–H groups in total. The Hall–Kier alpha value is -1.41. The third-order valence-corrected chi connectivity index (χ3v) is 5.24. The van der Waals surface area contributed by atoms with Gasteiger partial charge in [-0.15, -0.1) is 0 Å². The molecule has 0 fully saturated rings. The van der Waals surface area contributed by atoms with E-state index in [0.717, 1.165) is 43.3 Å². The fraction of sp³-hybridized carbons (Fsp3) is 0.609. The van der Waals surface area contributed by atoms with Crippen LogP contribution in [-0.4, -0.2) is 17.0 Å². The van der Waals surface area contributed by atoms with Crippen LogP contribution in [0.3, 0.4) is 0 Å². The zero-order valence-electron chi connectivity index (χ0n) is 17.0. The van der Waals surface area contributed by atoms with E-state index in [1.54, 1.807) is 0 Å². The third kappa shape index (κ3) is 7.56. The average Bonchev–Trinajstić information content (AvgIpc) is 2.54. The molecule has 140 valence electrons. The van der Waals surface area contributed by atoms with Crippen molar-refractivity contribution in [3.63, 3.8) is 0 Å². The standard InChI is InChI=1S/C23H36O2/c1-16(2)9-7-10-17(3)11-8-12-18(4)13-14-21-15-22(24)19(5)20(6)23(21)25/h9,11,13,21,23,25H,7-8,10,12,14-15H2,1-6H3/b17-11+,18-13+. The summed E-state index contributed by atoms with van der Waals surface area (Å²) < 4.78 is 0. The summed E-state index contributed by atoms with van der Waals surface area (Å²) in [7, 11) is 0. The van der Waals surface area contributed by atoms with Crippen molar-refractivity contribution in [2.75, 3.05) is 0 Å². The highest BCUT2D eigenvalue weighted by molar-refractivity contribution is 5.96. The molecule has 0 aromatic carbocycles. The van der Waals surface area contributed by atoms with Gasteiger partial charge in [-0.1, -0.05) is 34.9 Å². The van der Waals surface area contributed by atoms with Gasteiger partial charge >= 0.3 is 0 Å². The van der Waals surface area contributed by atoms with Crippen LogP contribution in [-0.2, 0) is 4.79 Å². The number of hydrogen-bond donors (Lipinski definition) is 1. The van der Waals surface area contributed by atoms with Gasteiger partial charge in [-0.3, -0.25) is 4.79 Å². The van der Waals surface area contributed by atoms with Gasteiger partial charge in [0.05, 0.1) is 6.10 Å². The number of aliphatic hydroxyl groups excluding tert-OH is 1. The number of aliphatic hydroxyl groups is 1. The second-order valence-electron chi connectivity index (χ2n) is 7.84. The van der Waals surface area contributed by atoms with Gasteiger partial charge in [0.15, 0.2) is 5.78 Å². The number of ketones is 1. The van der Waals surface area contributed by atoms with Crippen molar-refractivity contribution in [2.24, 2.45) is 5.92 Å². The van der Waals surface area contributed by atoms with Crippen LogP contribution < -0.4 is 0 Å². The molecule has 25 heavy (non-hydrogen) atoms.